The number of aryl methyl sites for hydroxylation is 6. The minimum absolute atomic E-state index is 0.0917. The van der Waals surface area contributed by atoms with Gasteiger partial charge in [0.05, 0.1) is 6.54 Å². The Morgan fingerprint density at radius 3 is 0.829 bits per heavy atom. The standard InChI is InChI=1S/C50H76N6O8.C30H36Cl4N2O8.C16H18O4.C5H10O.C3H4ClNO/c57-47(19-15-35-53-27-7-1-8-28-53)61-43-23-21-42(40-46(43)64-50(60)52-26-38-56-33-13-4-14-34-56)18-6-5-17-41-22-24-44(63-49(59)51-25-37-55-31-11-3-12-32-55)45(39-41)62-48(58)20-16-36-54-29-9-2-10-30-54;31-13-3-7-27(37)41-23-11-9-22(20-26(23)44-30(40)36-18-16-34)6-2-1-5-21-10-12-24(43-29(39)35-17-15-33)25(19-21)42-28(38)8-4-14-32;17-13-7-5-11(9-15(13)19)3-1-2-4-12-6-8-14(18)16(20)10-12;1-2-4-6-5-3-1;4-1-2-5-3-6/h21-24,39-40H,1-20,25-38H2,(H,51,59)(H,52,60);9-12,19-20H,1-8,13-18H2,(H,35,39)(H,36,40);5-10,17-20H,1-4H2;1-5H2;1-2H2. The first-order valence-corrected chi connectivity index (χ1v) is 52.3. The average molecular weight is 2050 g/mol. The van der Waals surface area contributed by atoms with Gasteiger partial charge in [0.1, 0.15) is 0 Å². The van der Waals surface area contributed by atoms with E-state index in [-0.39, 0.29) is 125 Å². The van der Waals surface area contributed by atoms with Crippen LogP contribution in [-0.4, -0.2) is 248 Å². The number of unbranched alkanes of at least 4 members (excludes halogenated alkanes) is 3. The van der Waals surface area contributed by atoms with Crippen LogP contribution in [0, 0.1) is 0 Å². The molecule has 6 aromatic rings. The molecule has 8 N–H and O–H groups in total. The summed E-state index contributed by atoms with van der Waals surface area (Å²) in [6.07, 6.45) is 29.8. The lowest BCUT2D eigenvalue weighted by Crippen LogP contribution is -2.38. The first-order valence-electron chi connectivity index (χ1n) is 49.6. The highest BCUT2D eigenvalue weighted by Crippen LogP contribution is 2.36. The van der Waals surface area contributed by atoms with Crippen LogP contribution in [0.1, 0.15) is 220 Å². The normalized spacial score (nSPS) is 14.3. The van der Waals surface area contributed by atoms with Gasteiger partial charge in [0, 0.05) is 108 Å². The number of carbonyl (C=O) groups is 8. The van der Waals surface area contributed by atoms with E-state index < -0.39 is 36.3 Å². The first kappa shape index (κ1) is 117. The average Bonchev–Trinajstić information content (AvgIpc) is 0.851. The summed E-state index contributed by atoms with van der Waals surface area (Å²) in [6, 6.07) is 30.7. The number of phenols is 4. The summed E-state index contributed by atoms with van der Waals surface area (Å²) in [5.41, 5.74) is 5.61. The van der Waals surface area contributed by atoms with Gasteiger partial charge in [0.2, 0.25) is 6.08 Å². The zero-order valence-corrected chi connectivity index (χ0v) is 84.7. The van der Waals surface area contributed by atoms with Gasteiger partial charge in [-0.3, -0.25) is 19.2 Å². The number of hydrogen-bond donors (Lipinski definition) is 8. The van der Waals surface area contributed by atoms with Crippen LogP contribution in [0.5, 0.6) is 69.0 Å². The molecule has 5 heterocycles. The number of nitrogens with zero attached hydrogens (tertiary/aromatic N) is 5. The van der Waals surface area contributed by atoms with Gasteiger partial charge in [-0.15, -0.1) is 58.0 Å². The molecule has 5 aliphatic heterocycles. The largest absolute Gasteiger partial charge is 0.504 e. The number of benzene rings is 6. The Bertz CT molecular complexity index is 4420. The van der Waals surface area contributed by atoms with Crippen molar-refractivity contribution in [2.24, 2.45) is 4.99 Å². The van der Waals surface area contributed by atoms with Gasteiger partial charge in [-0.25, -0.2) is 29.0 Å². The molecule has 0 aromatic heterocycles. The molecule has 11 rings (SSSR count). The second kappa shape index (κ2) is 71.5. The molecule has 0 spiro atoms. The first-order chi connectivity index (χ1) is 68.1. The number of carbonyl (C=O) groups excluding carboxylic acids is 9. The minimum Gasteiger partial charge on any atom is -0.504 e. The molecule has 772 valence electrons. The van der Waals surface area contributed by atoms with Gasteiger partial charge in [0.15, 0.2) is 69.0 Å². The quantitative estimate of drug-likeness (QED) is 0.00334. The fraction of sp³-hybridized carbons (Fsp3) is 0.567. The maximum absolute atomic E-state index is 13.1. The van der Waals surface area contributed by atoms with Crippen molar-refractivity contribution < 1.29 is 106 Å². The zero-order valence-electron chi connectivity index (χ0n) is 80.9. The molecule has 0 unspecified atom stereocenters. The van der Waals surface area contributed by atoms with E-state index in [2.05, 4.69) is 45.9 Å². The molecule has 0 radical (unpaired) electrons. The molecular formula is C104H144Cl5N9O22. The number of aromatic hydroxyl groups is 4. The summed E-state index contributed by atoms with van der Waals surface area (Å²) >= 11 is 27.7. The lowest BCUT2D eigenvalue weighted by atomic mass is 10.0. The summed E-state index contributed by atoms with van der Waals surface area (Å²) in [5, 5.41) is 48.0. The lowest BCUT2D eigenvalue weighted by molar-refractivity contribution is -0.135. The van der Waals surface area contributed by atoms with Crippen molar-refractivity contribution in [2.45, 2.75) is 225 Å². The topological polar surface area (TPSA) is 391 Å². The van der Waals surface area contributed by atoms with Crippen molar-refractivity contribution in [2.75, 3.05) is 154 Å². The summed E-state index contributed by atoms with van der Waals surface area (Å²) in [7, 11) is 0. The second-order valence-electron chi connectivity index (χ2n) is 34.7. The Morgan fingerprint density at radius 2 is 0.557 bits per heavy atom. The highest BCUT2D eigenvalue weighted by Gasteiger charge is 2.24. The number of piperidine rings is 4. The number of likely N-dealkylation sites (tertiary alicyclic amines) is 4. The van der Waals surface area contributed by atoms with E-state index in [4.69, 9.17) is 101 Å². The third-order valence-electron chi connectivity index (χ3n) is 23.4. The van der Waals surface area contributed by atoms with Gasteiger partial charge >= 0.3 is 48.3 Å². The second-order valence-corrected chi connectivity index (χ2v) is 36.6. The number of rotatable bonds is 49. The fourth-order valence-corrected chi connectivity index (χ4v) is 16.4. The van der Waals surface area contributed by atoms with Crippen molar-refractivity contribution in [3.05, 3.63) is 143 Å². The number of halogens is 5. The van der Waals surface area contributed by atoms with E-state index >= 15 is 0 Å². The van der Waals surface area contributed by atoms with Gasteiger partial charge in [0.25, 0.3) is 0 Å². The van der Waals surface area contributed by atoms with Crippen LogP contribution in [0.2, 0.25) is 0 Å². The number of hydrogen-bond acceptors (Lipinski definition) is 27. The Balaban J connectivity index is 0.000000298. The van der Waals surface area contributed by atoms with Crippen LogP contribution in [0.4, 0.5) is 19.2 Å². The van der Waals surface area contributed by atoms with Crippen LogP contribution in [-0.2, 0) is 67.2 Å². The van der Waals surface area contributed by atoms with E-state index in [1.165, 1.54) is 115 Å². The Hall–Kier alpha value is -9.89. The highest BCUT2D eigenvalue weighted by molar-refractivity contribution is 6.19. The molecule has 4 amide bonds. The maximum atomic E-state index is 13.1. The highest BCUT2D eigenvalue weighted by atomic mass is 35.5. The van der Waals surface area contributed by atoms with Gasteiger partial charge < -0.3 is 104 Å². The number of phenolic OH excluding ortho intramolecular Hbond substituents is 4. The maximum Gasteiger partial charge on any atom is 0.412 e. The van der Waals surface area contributed by atoms with Gasteiger partial charge in [-0.1, -0.05) is 62.1 Å². The van der Waals surface area contributed by atoms with Crippen LogP contribution >= 0.6 is 58.0 Å². The number of nitrogens with one attached hydrogen (secondary N) is 4. The molecule has 0 atom stereocenters. The van der Waals surface area contributed by atoms with E-state index in [0.29, 0.717) is 88.6 Å². The summed E-state index contributed by atoms with van der Waals surface area (Å²) in [4.78, 5) is 122. The molecule has 5 fully saturated rings. The Labute approximate surface area is 849 Å². The fourth-order valence-electron chi connectivity index (χ4n) is 15.9. The van der Waals surface area contributed by atoms with Crippen molar-refractivity contribution in [1.29, 1.82) is 0 Å². The smallest absolute Gasteiger partial charge is 0.412 e. The SMILES string of the molecule is C1CCOCC1.O=C(CCCCl)Oc1cc(CCCCc2ccc(OC(=O)CCCCl)c(OC(=O)NCCCl)c2)ccc1OC(=O)NCCCl.O=C(CCCN1CCCCC1)Oc1cc(CCCCc2ccc(OC(=O)CCCN3CCCCC3)c(OC(=O)NCCN3CCCCC3)c2)ccc1OC(=O)NCCN1CCCCC1.O=C=NCCCl.Oc1ccc(CCCCc2ccc(O)c(O)c2)cc1O. The third-order valence-corrected chi connectivity index (χ3v) is 24.4. The van der Waals surface area contributed by atoms with E-state index in [9.17, 15) is 63.6 Å². The molecule has 31 nitrogen and oxygen atoms in total. The van der Waals surface area contributed by atoms with E-state index in [0.717, 1.165) is 183 Å². The van der Waals surface area contributed by atoms with Gasteiger partial charge in [-0.05, 0) is 345 Å². The van der Waals surface area contributed by atoms with Crippen LogP contribution in [0.15, 0.2) is 114 Å². The van der Waals surface area contributed by atoms with Gasteiger partial charge in [-0.2, -0.15) is 0 Å². The van der Waals surface area contributed by atoms with E-state index in [1.807, 2.05) is 18.2 Å². The van der Waals surface area contributed by atoms with Crippen molar-refractivity contribution in [3.8, 4) is 69.0 Å². The summed E-state index contributed by atoms with van der Waals surface area (Å²) < 4.78 is 49.8. The van der Waals surface area contributed by atoms with Crippen molar-refractivity contribution in [1.82, 2.24) is 40.9 Å². The predicted octanol–water partition coefficient (Wildman–Crippen LogP) is 19.3. The van der Waals surface area contributed by atoms with E-state index in [1.54, 1.807) is 78.9 Å². The predicted molar refractivity (Wildman–Crippen MR) is 543 cm³/mol. The number of ether oxygens (including phenoxy) is 9. The number of alkyl halides is 5. The summed E-state index contributed by atoms with van der Waals surface area (Å²) in [5.74, 6) is 0.833. The van der Waals surface area contributed by atoms with Crippen molar-refractivity contribution >= 4 is 112 Å². The number of amides is 4. The molecule has 6 aromatic carbocycles. The molecular weight excluding hydrogens is 1900 g/mol. The Kier molecular flexibility index (Phi) is 59.8. The zero-order chi connectivity index (χ0) is 100. The molecule has 5 saturated heterocycles. The lowest BCUT2D eigenvalue weighted by Gasteiger charge is -2.26. The molecule has 0 bridgehead atoms. The minimum atomic E-state index is -0.719. The number of isocyanates is 1. The molecule has 5 aliphatic rings. The molecule has 36 heteroatoms. The third kappa shape index (κ3) is 50.7. The van der Waals surface area contributed by atoms with Crippen molar-refractivity contribution in [3.63, 3.8) is 0 Å². The number of esters is 4. The number of aliphatic imine (C=N–C) groups is 1. The van der Waals surface area contributed by atoms with Crippen LogP contribution < -0.4 is 59.2 Å². The van der Waals surface area contributed by atoms with Crippen LogP contribution in [0.3, 0.4) is 0 Å². The Morgan fingerprint density at radius 1 is 0.293 bits per heavy atom. The molecule has 0 aliphatic carbocycles. The summed E-state index contributed by atoms with van der Waals surface area (Å²) in [6.45, 7) is 15.5. The molecule has 0 saturated carbocycles. The van der Waals surface area contributed by atoms with Crippen LogP contribution in [0.25, 0.3) is 0 Å². The molecule has 140 heavy (non-hydrogen) atoms. The monoisotopic (exact) mass is 2050 g/mol.